The van der Waals surface area contributed by atoms with Gasteiger partial charge in [-0.3, -0.25) is 4.40 Å². The van der Waals surface area contributed by atoms with Crippen LogP contribution in [0.4, 0.5) is 13.2 Å². The van der Waals surface area contributed by atoms with E-state index in [0.717, 1.165) is 16.9 Å². The number of aromatic nitrogens is 7. The Morgan fingerprint density at radius 1 is 1.10 bits per heavy atom. The summed E-state index contributed by atoms with van der Waals surface area (Å²) < 4.78 is 64.7. The molecule has 0 N–H and O–H groups in total. The number of hydrogen-bond donors (Lipinski definition) is 0. The maximum Gasteiger partial charge on any atom is 0.417 e. The lowest BCUT2D eigenvalue weighted by atomic mass is 10.2. The summed E-state index contributed by atoms with van der Waals surface area (Å²) in [4.78, 5) is 25.1. The fourth-order valence-corrected chi connectivity index (χ4v) is 3.79. The summed E-state index contributed by atoms with van der Waals surface area (Å²) in [7, 11) is -3.85. The van der Waals surface area contributed by atoms with Gasteiger partial charge in [0.2, 0.25) is 0 Å². The van der Waals surface area contributed by atoms with Crippen molar-refractivity contribution in [2.24, 2.45) is 0 Å². The first-order chi connectivity index (χ1) is 14.6. The van der Waals surface area contributed by atoms with Gasteiger partial charge in [0.25, 0.3) is 0 Å². The zero-order valence-electron chi connectivity index (χ0n) is 15.6. The molecule has 31 heavy (non-hydrogen) atoms. The molecule has 10 nitrogen and oxygen atoms in total. The minimum Gasteiger partial charge on any atom is -0.251 e. The highest BCUT2D eigenvalue weighted by Gasteiger charge is 2.31. The second-order valence-corrected chi connectivity index (χ2v) is 8.48. The summed E-state index contributed by atoms with van der Waals surface area (Å²) in [6, 6.07) is 3.01. The molecule has 0 saturated heterocycles. The van der Waals surface area contributed by atoms with Crippen LogP contribution >= 0.6 is 0 Å². The van der Waals surface area contributed by atoms with Gasteiger partial charge in [0.05, 0.1) is 34.8 Å². The maximum absolute atomic E-state index is 12.9. The molecule has 0 spiro atoms. The molecular formula is C17H12F3N7O3S. The molecule has 0 aliphatic carbocycles. The van der Waals surface area contributed by atoms with E-state index in [1.165, 1.54) is 31.6 Å². The molecule has 0 fully saturated rings. The molecule has 14 heteroatoms. The topological polar surface area (TPSA) is 125 Å². The standard InChI is InChI=1S/C17H12F3N7O3S/c1-2-31(29,30)12-7-11(27-22-5-6-23-27)8-21-14(12)15-24-13-4-3-10(17(18,19)20)9-26(13)16(28)25-15/h3-9H,2H2,1H3. The van der Waals surface area contributed by atoms with Crippen LogP contribution in [-0.4, -0.2) is 48.5 Å². The molecule has 4 aromatic heterocycles. The van der Waals surface area contributed by atoms with Crippen molar-refractivity contribution < 1.29 is 21.6 Å². The quantitative estimate of drug-likeness (QED) is 0.458. The van der Waals surface area contributed by atoms with E-state index in [4.69, 9.17) is 0 Å². The van der Waals surface area contributed by atoms with E-state index >= 15 is 0 Å². The third kappa shape index (κ3) is 3.76. The normalized spacial score (nSPS) is 12.4. The summed E-state index contributed by atoms with van der Waals surface area (Å²) in [5.74, 6) is -0.615. The van der Waals surface area contributed by atoms with Crippen LogP contribution in [-0.2, 0) is 16.0 Å². The average molecular weight is 451 g/mol. The molecule has 160 valence electrons. The molecular weight excluding hydrogens is 439 g/mol. The molecule has 4 rings (SSSR count). The zero-order chi connectivity index (χ0) is 22.4. The van der Waals surface area contributed by atoms with Crippen LogP contribution in [0.15, 0.2) is 52.7 Å². The van der Waals surface area contributed by atoms with Gasteiger partial charge >= 0.3 is 11.9 Å². The van der Waals surface area contributed by atoms with Crippen LogP contribution in [0.25, 0.3) is 22.9 Å². The zero-order valence-corrected chi connectivity index (χ0v) is 16.5. The molecule has 0 aromatic carbocycles. The number of pyridine rings is 2. The van der Waals surface area contributed by atoms with Crippen molar-refractivity contribution in [1.29, 1.82) is 0 Å². The number of alkyl halides is 3. The van der Waals surface area contributed by atoms with Crippen LogP contribution in [0.3, 0.4) is 0 Å². The van der Waals surface area contributed by atoms with E-state index in [0.29, 0.717) is 10.6 Å². The van der Waals surface area contributed by atoms with Crippen molar-refractivity contribution in [3.8, 4) is 17.2 Å². The number of rotatable bonds is 4. The van der Waals surface area contributed by atoms with Gasteiger partial charge in [-0.05, 0) is 18.2 Å². The van der Waals surface area contributed by atoms with Crippen molar-refractivity contribution in [3.05, 3.63) is 59.0 Å². The summed E-state index contributed by atoms with van der Waals surface area (Å²) in [6.45, 7) is 1.42. The molecule has 0 saturated carbocycles. The molecule has 0 atom stereocenters. The Hall–Kier alpha value is -3.68. The second kappa shape index (κ2) is 7.23. The fourth-order valence-electron chi connectivity index (χ4n) is 2.74. The van der Waals surface area contributed by atoms with Gasteiger partial charge in [0.1, 0.15) is 17.0 Å². The number of sulfone groups is 1. The summed E-state index contributed by atoms with van der Waals surface area (Å²) in [5.41, 5.74) is -2.24. The number of fused-ring (bicyclic) bond motifs is 1. The molecule has 4 aromatic rings. The molecule has 0 unspecified atom stereocenters. The van der Waals surface area contributed by atoms with E-state index in [2.05, 4.69) is 25.1 Å². The van der Waals surface area contributed by atoms with Crippen LogP contribution < -0.4 is 5.69 Å². The first-order valence-corrected chi connectivity index (χ1v) is 10.3. The highest BCUT2D eigenvalue weighted by atomic mass is 32.2. The third-order valence-corrected chi connectivity index (χ3v) is 6.04. The lowest BCUT2D eigenvalue weighted by Gasteiger charge is -2.11. The molecule has 0 aliphatic rings. The van der Waals surface area contributed by atoms with Gasteiger partial charge in [0, 0.05) is 6.20 Å². The minimum absolute atomic E-state index is 0.150. The molecule has 0 bridgehead atoms. The molecule has 0 radical (unpaired) electrons. The van der Waals surface area contributed by atoms with Gasteiger partial charge in [-0.15, -0.1) is 0 Å². The Balaban J connectivity index is 1.94. The summed E-state index contributed by atoms with van der Waals surface area (Å²) in [5, 5.41) is 7.83. The van der Waals surface area contributed by atoms with Crippen LogP contribution in [0.1, 0.15) is 12.5 Å². The van der Waals surface area contributed by atoms with Gasteiger partial charge < -0.3 is 0 Å². The predicted molar refractivity (Wildman–Crippen MR) is 100 cm³/mol. The van der Waals surface area contributed by atoms with E-state index < -0.39 is 27.3 Å². The third-order valence-electron chi connectivity index (χ3n) is 4.30. The average Bonchev–Trinajstić information content (AvgIpc) is 3.27. The predicted octanol–water partition coefficient (Wildman–Crippen LogP) is 1.54. The molecule has 0 aliphatic heterocycles. The second-order valence-electron chi connectivity index (χ2n) is 6.24. The Bertz CT molecular complexity index is 1450. The minimum atomic E-state index is -4.66. The van der Waals surface area contributed by atoms with Gasteiger partial charge in [-0.1, -0.05) is 6.92 Å². The van der Waals surface area contributed by atoms with Gasteiger partial charge in [-0.25, -0.2) is 23.2 Å². The number of halogens is 3. The van der Waals surface area contributed by atoms with Crippen LogP contribution in [0, 0.1) is 0 Å². The van der Waals surface area contributed by atoms with Crippen molar-refractivity contribution in [1.82, 2.24) is 34.3 Å². The van der Waals surface area contributed by atoms with E-state index in [1.54, 1.807) is 0 Å². The van der Waals surface area contributed by atoms with Crippen LogP contribution in [0.2, 0.25) is 0 Å². The Morgan fingerprint density at radius 3 is 2.45 bits per heavy atom. The molecule has 4 heterocycles. The fraction of sp³-hybridized carbons (Fsp3) is 0.176. The molecule has 0 amide bonds. The summed E-state index contributed by atoms with van der Waals surface area (Å²) in [6.07, 6.45) is -0.0332. The monoisotopic (exact) mass is 451 g/mol. The van der Waals surface area contributed by atoms with Crippen molar-refractivity contribution in [3.63, 3.8) is 0 Å². The lowest BCUT2D eigenvalue weighted by molar-refractivity contribution is -0.137. The SMILES string of the molecule is CCS(=O)(=O)c1cc(-n2nccn2)cnc1-c1nc(=O)n2cc(C(F)(F)F)ccc2n1. The Morgan fingerprint density at radius 2 is 1.81 bits per heavy atom. The van der Waals surface area contributed by atoms with Crippen molar-refractivity contribution in [2.45, 2.75) is 18.0 Å². The van der Waals surface area contributed by atoms with E-state index in [-0.39, 0.29) is 33.5 Å². The first kappa shape index (κ1) is 20.6. The van der Waals surface area contributed by atoms with Crippen molar-refractivity contribution in [2.75, 3.05) is 5.75 Å². The largest absolute Gasteiger partial charge is 0.417 e. The van der Waals surface area contributed by atoms with Crippen LogP contribution in [0.5, 0.6) is 0 Å². The van der Waals surface area contributed by atoms with Crippen molar-refractivity contribution >= 4 is 15.5 Å². The van der Waals surface area contributed by atoms with E-state index in [1.807, 2.05) is 0 Å². The van der Waals surface area contributed by atoms with Gasteiger partial charge in [0.15, 0.2) is 15.7 Å². The number of hydrogen-bond acceptors (Lipinski definition) is 8. The smallest absolute Gasteiger partial charge is 0.251 e. The highest BCUT2D eigenvalue weighted by molar-refractivity contribution is 7.91. The highest BCUT2D eigenvalue weighted by Crippen LogP contribution is 2.29. The van der Waals surface area contributed by atoms with Gasteiger partial charge in [-0.2, -0.15) is 33.1 Å². The van der Waals surface area contributed by atoms with E-state index in [9.17, 15) is 26.4 Å². The Kier molecular flexibility index (Phi) is 4.80. The Labute approximate surface area is 172 Å². The first-order valence-electron chi connectivity index (χ1n) is 8.67. The number of nitrogens with zero attached hydrogens (tertiary/aromatic N) is 7. The maximum atomic E-state index is 12.9. The lowest BCUT2D eigenvalue weighted by Crippen LogP contribution is -2.22. The summed E-state index contributed by atoms with van der Waals surface area (Å²) >= 11 is 0.